The first kappa shape index (κ1) is 22.4. The maximum atomic E-state index is 9.10. The Bertz CT molecular complexity index is 739. The van der Waals surface area contributed by atoms with Crippen molar-refractivity contribution in [3.8, 4) is 0 Å². The van der Waals surface area contributed by atoms with Crippen molar-refractivity contribution in [2.45, 2.75) is 21.2 Å². The number of nitrogens with zero attached hydrogens (tertiary/aromatic N) is 1. The van der Waals surface area contributed by atoms with Gasteiger partial charge in [0, 0.05) is 26.3 Å². The Balaban J connectivity index is 0.000000487. The zero-order chi connectivity index (χ0) is 19.7. The number of aliphatic carboxylic acids is 2. The monoisotopic (exact) mass is 413 g/mol. The summed E-state index contributed by atoms with van der Waals surface area (Å²) in [6, 6.07) is 14.8. The molecule has 0 radical (unpaired) electrons. The van der Waals surface area contributed by atoms with E-state index < -0.39 is 11.9 Å². The molecule has 0 fully saturated rings. The molecule has 2 rings (SSSR count). The van der Waals surface area contributed by atoms with Gasteiger partial charge in [0.2, 0.25) is 0 Å². The van der Waals surface area contributed by atoms with E-state index in [1.165, 1.54) is 20.2 Å². The maximum absolute atomic E-state index is 9.10. The molecule has 0 aliphatic rings. The third-order valence-electron chi connectivity index (χ3n) is 2.98. The lowest BCUT2D eigenvalue weighted by molar-refractivity contribution is -0.159. The van der Waals surface area contributed by atoms with Gasteiger partial charge in [0.25, 0.3) is 0 Å². The van der Waals surface area contributed by atoms with Crippen molar-refractivity contribution in [1.29, 1.82) is 0 Å². The SMILES string of the molecule is CSc1ccc(Sc2ccc(Cl)cc2CN(C)C)cc1.O=C(O)C(=O)O. The minimum Gasteiger partial charge on any atom is -0.473 e. The average Bonchev–Trinajstić information content (AvgIpc) is 2.58. The number of thioether (sulfide) groups is 1. The lowest BCUT2D eigenvalue weighted by Crippen LogP contribution is -2.11. The van der Waals surface area contributed by atoms with Gasteiger partial charge in [-0.15, -0.1) is 11.8 Å². The summed E-state index contributed by atoms with van der Waals surface area (Å²) >= 11 is 9.67. The number of halogens is 1. The highest BCUT2D eigenvalue weighted by atomic mass is 35.5. The molecule has 0 aliphatic carbocycles. The van der Waals surface area contributed by atoms with Crippen LogP contribution in [0.1, 0.15) is 5.56 Å². The molecule has 0 spiro atoms. The quantitative estimate of drug-likeness (QED) is 0.554. The molecular weight excluding hydrogens is 394 g/mol. The fourth-order valence-electron chi connectivity index (χ4n) is 1.88. The van der Waals surface area contributed by atoms with E-state index in [9.17, 15) is 0 Å². The summed E-state index contributed by atoms with van der Waals surface area (Å²) in [5.74, 6) is -3.65. The fraction of sp³-hybridized carbons (Fsp3) is 0.222. The average molecular weight is 414 g/mol. The summed E-state index contributed by atoms with van der Waals surface area (Å²) < 4.78 is 0. The van der Waals surface area contributed by atoms with Crippen LogP contribution in [0, 0.1) is 0 Å². The molecule has 0 aliphatic heterocycles. The Morgan fingerprint density at radius 1 is 1.00 bits per heavy atom. The van der Waals surface area contributed by atoms with E-state index in [0.29, 0.717) is 0 Å². The molecule has 0 aromatic heterocycles. The largest absolute Gasteiger partial charge is 0.473 e. The molecule has 2 N–H and O–H groups in total. The summed E-state index contributed by atoms with van der Waals surface area (Å²) in [5, 5.41) is 15.6. The highest BCUT2D eigenvalue weighted by molar-refractivity contribution is 7.99. The molecule has 26 heavy (non-hydrogen) atoms. The Morgan fingerprint density at radius 3 is 2.00 bits per heavy atom. The molecular formula is C18H20ClNO4S2. The first-order valence-corrected chi connectivity index (χ1v) is 9.86. The van der Waals surface area contributed by atoms with Gasteiger partial charge in [0.15, 0.2) is 0 Å². The standard InChI is InChI=1S/C16H18ClNS2.C2H2O4/c1-18(2)11-12-10-13(17)4-9-16(12)20-15-7-5-14(19-3)6-8-15;3-1(4)2(5)6/h4-10H,11H2,1-3H3;(H,3,4)(H,5,6). The summed E-state index contributed by atoms with van der Waals surface area (Å²) in [4.78, 5) is 24.2. The van der Waals surface area contributed by atoms with Crippen LogP contribution in [-0.4, -0.2) is 47.4 Å². The number of carboxylic acids is 2. The van der Waals surface area contributed by atoms with Crippen LogP contribution < -0.4 is 0 Å². The molecule has 0 atom stereocenters. The third kappa shape index (κ3) is 8.14. The van der Waals surface area contributed by atoms with Crippen LogP contribution in [0.15, 0.2) is 57.2 Å². The van der Waals surface area contributed by atoms with E-state index >= 15 is 0 Å². The number of benzene rings is 2. The normalized spacial score (nSPS) is 10.2. The molecule has 0 amide bonds. The van der Waals surface area contributed by atoms with Crippen LogP contribution in [0.2, 0.25) is 5.02 Å². The van der Waals surface area contributed by atoms with Crippen LogP contribution in [0.4, 0.5) is 0 Å². The predicted molar refractivity (Wildman–Crippen MR) is 106 cm³/mol. The molecule has 140 valence electrons. The van der Waals surface area contributed by atoms with Crippen molar-refractivity contribution in [2.75, 3.05) is 20.4 Å². The van der Waals surface area contributed by atoms with Crippen molar-refractivity contribution in [3.05, 3.63) is 53.1 Å². The van der Waals surface area contributed by atoms with E-state index in [1.807, 2.05) is 6.07 Å². The summed E-state index contributed by atoms with van der Waals surface area (Å²) in [5.41, 5.74) is 1.27. The summed E-state index contributed by atoms with van der Waals surface area (Å²) in [6.07, 6.45) is 2.09. The van der Waals surface area contributed by atoms with Gasteiger partial charge in [-0.1, -0.05) is 23.4 Å². The van der Waals surface area contributed by atoms with Crippen molar-refractivity contribution in [3.63, 3.8) is 0 Å². The number of hydrogen-bond donors (Lipinski definition) is 2. The van der Waals surface area contributed by atoms with Gasteiger partial charge in [0.05, 0.1) is 0 Å². The lowest BCUT2D eigenvalue weighted by Gasteiger charge is -2.14. The fourth-order valence-corrected chi connectivity index (χ4v) is 3.40. The Labute approximate surface area is 166 Å². The van der Waals surface area contributed by atoms with E-state index in [1.54, 1.807) is 23.5 Å². The highest BCUT2D eigenvalue weighted by Crippen LogP contribution is 2.33. The van der Waals surface area contributed by atoms with Gasteiger partial charge in [-0.3, -0.25) is 0 Å². The van der Waals surface area contributed by atoms with Crippen LogP contribution in [0.25, 0.3) is 0 Å². The minimum absolute atomic E-state index is 0.795. The Morgan fingerprint density at radius 2 is 1.54 bits per heavy atom. The van der Waals surface area contributed by atoms with Crippen LogP contribution in [0.5, 0.6) is 0 Å². The van der Waals surface area contributed by atoms with Crippen molar-refractivity contribution >= 4 is 47.1 Å². The molecule has 0 heterocycles. The number of carboxylic acid groups (broad SMARTS) is 2. The number of rotatable bonds is 5. The lowest BCUT2D eigenvalue weighted by atomic mass is 10.2. The molecule has 0 unspecified atom stereocenters. The number of hydrogen-bond acceptors (Lipinski definition) is 5. The zero-order valence-corrected chi connectivity index (χ0v) is 17.0. The molecule has 2 aromatic rings. The maximum Gasteiger partial charge on any atom is 0.414 e. The second-order valence-corrected chi connectivity index (χ2v) is 7.81. The molecule has 8 heteroatoms. The second kappa shape index (κ2) is 11.1. The van der Waals surface area contributed by atoms with Gasteiger partial charge in [0.1, 0.15) is 0 Å². The first-order valence-electron chi connectivity index (χ1n) is 7.44. The topological polar surface area (TPSA) is 77.8 Å². The molecule has 0 saturated heterocycles. The van der Waals surface area contributed by atoms with E-state index in [2.05, 4.69) is 61.6 Å². The highest BCUT2D eigenvalue weighted by Gasteiger charge is 2.07. The van der Waals surface area contributed by atoms with Crippen LogP contribution in [0.3, 0.4) is 0 Å². The van der Waals surface area contributed by atoms with Gasteiger partial charge in [-0.05, 0) is 68.4 Å². The van der Waals surface area contributed by atoms with E-state index in [4.69, 9.17) is 31.4 Å². The van der Waals surface area contributed by atoms with E-state index in [-0.39, 0.29) is 0 Å². The van der Waals surface area contributed by atoms with Crippen molar-refractivity contribution in [1.82, 2.24) is 4.90 Å². The first-order chi connectivity index (χ1) is 12.2. The van der Waals surface area contributed by atoms with Crippen LogP contribution in [-0.2, 0) is 16.1 Å². The summed E-state index contributed by atoms with van der Waals surface area (Å²) in [6.45, 7) is 0.895. The summed E-state index contributed by atoms with van der Waals surface area (Å²) in [7, 11) is 4.14. The van der Waals surface area contributed by atoms with Gasteiger partial charge in [-0.25, -0.2) is 9.59 Å². The Hall–Kier alpha value is -1.67. The van der Waals surface area contributed by atoms with Gasteiger partial charge < -0.3 is 15.1 Å². The smallest absolute Gasteiger partial charge is 0.414 e. The van der Waals surface area contributed by atoms with Crippen molar-refractivity contribution in [2.24, 2.45) is 0 Å². The van der Waals surface area contributed by atoms with Gasteiger partial charge >= 0.3 is 11.9 Å². The number of carbonyl (C=O) groups is 2. The van der Waals surface area contributed by atoms with Crippen molar-refractivity contribution < 1.29 is 19.8 Å². The molecule has 2 aromatic carbocycles. The predicted octanol–water partition coefficient (Wildman–Crippen LogP) is 4.43. The second-order valence-electron chi connectivity index (χ2n) is 5.38. The molecule has 0 bridgehead atoms. The Kier molecular flexibility index (Phi) is 9.58. The zero-order valence-electron chi connectivity index (χ0n) is 14.6. The molecule has 0 saturated carbocycles. The van der Waals surface area contributed by atoms with E-state index in [0.717, 1.165) is 11.6 Å². The van der Waals surface area contributed by atoms with Gasteiger partial charge in [-0.2, -0.15) is 0 Å². The van der Waals surface area contributed by atoms with Crippen LogP contribution >= 0.6 is 35.1 Å². The third-order valence-corrected chi connectivity index (χ3v) is 5.08. The minimum atomic E-state index is -1.82. The molecule has 5 nitrogen and oxygen atoms in total.